The maximum absolute atomic E-state index is 5.38. The average Bonchev–Trinajstić information content (AvgIpc) is 3.24. The number of thiocarbonyl (C=S) groups is 2. The van der Waals surface area contributed by atoms with Gasteiger partial charge in [0.1, 0.15) is 6.54 Å². The van der Waals surface area contributed by atoms with Crippen LogP contribution in [0.2, 0.25) is 0 Å². The van der Waals surface area contributed by atoms with Crippen molar-refractivity contribution in [3.05, 3.63) is 54.1 Å². The molecule has 1 atom stereocenters. The third-order valence-corrected chi connectivity index (χ3v) is 5.01. The highest BCUT2D eigenvalue weighted by Crippen LogP contribution is 2.30. The van der Waals surface area contributed by atoms with Crippen LogP contribution in [0.5, 0.6) is 0 Å². The first-order valence-electron chi connectivity index (χ1n) is 7.97. The molecule has 4 rings (SSSR count). The van der Waals surface area contributed by atoms with Crippen LogP contribution in [0, 0.1) is 0 Å². The van der Waals surface area contributed by atoms with E-state index in [4.69, 9.17) is 24.4 Å². The van der Waals surface area contributed by atoms with Crippen LogP contribution < -0.4 is 10.7 Å². The van der Waals surface area contributed by atoms with Gasteiger partial charge in [0.25, 0.3) is 0 Å². The van der Waals surface area contributed by atoms with E-state index >= 15 is 0 Å². The van der Waals surface area contributed by atoms with Crippen molar-refractivity contribution in [2.45, 2.75) is 6.54 Å². The van der Waals surface area contributed by atoms with Crippen LogP contribution >= 0.6 is 24.4 Å². The lowest BCUT2D eigenvalue weighted by Gasteiger charge is -2.25. The topological polar surface area (TPSA) is 78.5 Å². The zero-order chi connectivity index (χ0) is 18.1. The maximum atomic E-state index is 5.38. The van der Waals surface area contributed by atoms with Crippen molar-refractivity contribution in [2.75, 3.05) is 7.05 Å². The van der Waals surface area contributed by atoms with Gasteiger partial charge in [-0.1, -0.05) is 48.5 Å². The van der Waals surface area contributed by atoms with Gasteiger partial charge in [-0.15, -0.1) is 5.10 Å². The molecule has 0 bridgehead atoms. The highest BCUT2D eigenvalue weighted by molar-refractivity contribution is 7.81. The van der Waals surface area contributed by atoms with Crippen molar-refractivity contribution >= 4 is 34.7 Å². The van der Waals surface area contributed by atoms with E-state index < -0.39 is 0 Å². The van der Waals surface area contributed by atoms with Gasteiger partial charge in [0.05, 0.1) is 7.05 Å². The Bertz CT molecular complexity index is 969. The number of quaternary nitrogens is 1. The number of nitrogens with zero attached hydrogens (tertiary/aromatic N) is 4. The lowest BCUT2D eigenvalue weighted by Crippen LogP contribution is -2.52. The summed E-state index contributed by atoms with van der Waals surface area (Å²) in [4.78, 5) is 0. The Labute approximate surface area is 161 Å². The van der Waals surface area contributed by atoms with Crippen LogP contribution in [0.3, 0.4) is 0 Å². The van der Waals surface area contributed by atoms with Crippen molar-refractivity contribution < 1.29 is 4.59 Å². The molecule has 2 heterocycles. The Morgan fingerprint density at radius 3 is 2.35 bits per heavy atom. The summed E-state index contributed by atoms with van der Waals surface area (Å²) in [6, 6.07) is 16.4. The van der Waals surface area contributed by atoms with E-state index in [9.17, 15) is 0 Å². The minimum absolute atomic E-state index is 0.369. The third kappa shape index (κ3) is 3.07. The summed E-state index contributed by atoms with van der Waals surface area (Å²) < 4.78 is 0.369. The summed E-state index contributed by atoms with van der Waals surface area (Å²) in [5.74, 6) is 0.647. The number of benzene rings is 2. The average molecular weight is 382 g/mol. The second-order valence-corrected chi connectivity index (χ2v) is 7.01. The van der Waals surface area contributed by atoms with E-state index in [1.165, 1.54) is 0 Å². The van der Waals surface area contributed by atoms with E-state index in [2.05, 4.69) is 61.7 Å². The summed E-state index contributed by atoms with van der Waals surface area (Å²) in [6.07, 6.45) is 0. The van der Waals surface area contributed by atoms with Crippen LogP contribution in [0.25, 0.3) is 22.5 Å². The second-order valence-electron chi connectivity index (χ2n) is 6.21. The zero-order valence-electron chi connectivity index (χ0n) is 13.9. The fraction of sp³-hybridized carbons (Fsp3) is 0.118. The predicted molar refractivity (Wildman–Crippen MR) is 106 cm³/mol. The first kappa shape index (κ1) is 16.7. The molecule has 1 aliphatic rings. The van der Waals surface area contributed by atoms with E-state index in [1.54, 1.807) is 0 Å². The Morgan fingerprint density at radius 1 is 1.00 bits per heavy atom. The molecule has 0 spiro atoms. The minimum atomic E-state index is 0.369. The molecule has 0 saturated carbocycles. The van der Waals surface area contributed by atoms with E-state index in [1.807, 2.05) is 25.2 Å². The van der Waals surface area contributed by atoms with Crippen LogP contribution in [0.1, 0.15) is 5.56 Å². The molecule has 130 valence electrons. The number of nitrogens with one attached hydrogen (secondary N) is 3. The lowest BCUT2D eigenvalue weighted by atomic mass is 9.98. The monoisotopic (exact) mass is 382 g/mol. The highest BCUT2D eigenvalue weighted by Gasteiger charge is 2.37. The van der Waals surface area contributed by atoms with Gasteiger partial charge in [0.2, 0.25) is 5.11 Å². The molecule has 1 unspecified atom stereocenters. The van der Waals surface area contributed by atoms with Crippen LogP contribution in [0.15, 0.2) is 48.5 Å². The molecule has 1 aliphatic heterocycles. The molecular formula is C17H16N7S2+. The van der Waals surface area contributed by atoms with E-state index in [0.29, 0.717) is 27.2 Å². The molecule has 0 amide bonds. The summed E-state index contributed by atoms with van der Waals surface area (Å²) >= 11 is 10.5. The van der Waals surface area contributed by atoms with Crippen LogP contribution in [-0.2, 0) is 6.54 Å². The minimum Gasteiger partial charge on any atom is -0.272 e. The van der Waals surface area contributed by atoms with Gasteiger partial charge in [0.15, 0.2) is 5.82 Å². The Hall–Kier alpha value is -2.75. The number of aromatic nitrogens is 4. The SMILES string of the molecule is C[N+]1(Cc2ccc(-c3ccccc3-c3nnn[nH]3)cc2)NC(=S)NC1=S. The number of tetrazole rings is 1. The molecule has 1 saturated heterocycles. The zero-order valence-corrected chi connectivity index (χ0v) is 15.6. The lowest BCUT2D eigenvalue weighted by molar-refractivity contribution is -0.863. The Kier molecular flexibility index (Phi) is 4.19. The van der Waals surface area contributed by atoms with Gasteiger partial charge in [-0.05, 0) is 33.8 Å². The molecular weight excluding hydrogens is 366 g/mol. The molecule has 3 N–H and O–H groups in total. The fourth-order valence-electron chi connectivity index (χ4n) is 3.00. The summed E-state index contributed by atoms with van der Waals surface area (Å²) in [7, 11) is 1.99. The van der Waals surface area contributed by atoms with Crippen LogP contribution in [0.4, 0.5) is 0 Å². The second kappa shape index (κ2) is 6.52. The summed E-state index contributed by atoms with van der Waals surface area (Å²) in [5.41, 5.74) is 7.46. The van der Waals surface area contributed by atoms with Crippen molar-refractivity contribution in [2.24, 2.45) is 0 Å². The first-order chi connectivity index (χ1) is 12.5. The normalized spacial score (nSPS) is 19.3. The molecule has 26 heavy (non-hydrogen) atoms. The maximum Gasteiger partial charge on any atom is 0.301 e. The van der Waals surface area contributed by atoms with Crippen molar-refractivity contribution in [3.8, 4) is 22.5 Å². The number of hydrogen-bond acceptors (Lipinski definition) is 5. The molecule has 0 aliphatic carbocycles. The standard InChI is InChI=1S/C17H15N7S2/c1-24(17(26)18-16(25)21-24)10-11-6-8-12(9-7-11)13-4-2-3-5-14(13)15-19-22-23-20-15/h2-9H,10H2,1H3,(H2-,18,19,20,21,22,23,25,26)/p+1. The highest BCUT2D eigenvalue weighted by atomic mass is 32.1. The smallest absolute Gasteiger partial charge is 0.272 e. The van der Waals surface area contributed by atoms with Crippen LogP contribution in [-0.4, -0.2) is 42.5 Å². The Balaban J connectivity index is 1.62. The van der Waals surface area contributed by atoms with Crippen molar-refractivity contribution in [1.82, 2.24) is 31.4 Å². The van der Waals surface area contributed by atoms with Gasteiger partial charge in [-0.25, -0.2) is 10.5 Å². The molecule has 3 aromatic rings. The number of rotatable bonds is 4. The van der Waals surface area contributed by atoms with E-state index in [0.717, 1.165) is 22.3 Å². The van der Waals surface area contributed by atoms with Gasteiger partial charge >= 0.3 is 5.11 Å². The number of hydrogen-bond donors (Lipinski definition) is 3. The largest absolute Gasteiger partial charge is 0.301 e. The van der Waals surface area contributed by atoms with E-state index in [-0.39, 0.29) is 0 Å². The molecule has 1 aromatic heterocycles. The van der Waals surface area contributed by atoms with Gasteiger partial charge in [-0.2, -0.15) is 4.59 Å². The molecule has 1 fully saturated rings. The third-order valence-electron chi connectivity index (χ3n) is 4.31. The molecule has 9 heteroatoms. The quantitative estimate of drug-likeness (QED) is 0.471. The Morgan fingerprint density at radius 2 is 1.73 bits per heavy atom. The predicted octanol–water partition coefficient (Wildman–Crippen LogP) is 2.16. The molecule has 0 radical (unpaired) electrons. The first-order valence-corrected chi connectivity index (χ1v) is 8.78. The summed E-state index contributed by atoms with van der Waals surface area (Å²) in [6.45, 7) is 0.694. The molecule has 2 aromatic carbocycles. The van der Waals surface area contributed by atoms with Crippen molar-refractivity contribution in [1.29, 1.82) is 0 Å². The number of aromatic amines is 1. The van der Waals surface area contributed by atoms with Gasteiger partial charge < -0.3 is 0 Å². The number of H-pyrrole nitrogens is 1. The summed E-state index contributed by atoms with van der Waals surface area (Å²) in [5, 5.41) is 18.4. The fourth-order valence-corrected chi connectivity index (χ4v) is 3.58. The van der Waals surface area contributed by atoms with Gasteiger partial charge in [0, 0.05) is 23.3 Å². The van der Waals surface area contributed by atoms with Crippen molar-refractivity contribution in [3.63, 3.8) is 0 Å². The molecule has 7 nitrogen and oxygen atoms in total. The van der Waals surface area contributed by atoms with Gasteiger partial charge in [-0.3, -0.25) is 5.32 Å².